The van der Waals surface area contributed by atoms with Crippen LogP contribution in [0.25, 0.3) is 0 Å². The summed E-state index contributed by atoms with van der Waals surface area (Å²) < 4.78 is 5.27. The molecule has 0 aromatic heterocycles. The van der Waals surface area contributed by atoms with E-state index in [0.29, 0.717) is 13.0 Å². The van der Waals surface area contributed by atoms with Crippen LogP contribution in [0.3, 0.4) is 0 Å². The molecule has 0 aliphatic carbocycles. The van der Waals surface area contributed by atoms with Gasteiger partial charge < -0.3 is 10.1 Å². The molecule has 0 saturated heterocycles. The molecule has 0 heterocycles. The van der Waals surface area contributed by atoms with Gasteiger partial charge in [-0.05, 0) is 20.0 Å². The zero-order chi connectivity index (χ0) is 12.8. The highest BCUT2D eigenvalue weighted by Crippen LogP contribution is 2.21. The van der Waals surface area contributed by atoms with Gasteiger partial charge in [-0.25, -0.2) is 0 Å². The predicted molar refractivity (Wildman–Crippen MR) is 69.5 cm³/mol. The molecule has 0 aliphatic heterocycles. The van der Waals surface area contributed by atoms with E-state index in [9.17, 15) is 4.79 Å². The van der Waals surface area contributed by atoms with Gasteiger partial charge in [-0.1, -0.05) is 24.6 Å². The van der Waals surface area contributed by atoms with E-state index in [1.807, 2.05) is 39.1 Å². The Morgan fingerprint density at radius 1 is 1.47 bits per heavy atom. The van der Waals surface area contributed by atoms with Crippen molar-refractivity contribution in [2.24, 2.45) is 5.92 Å². The van der Waals surface area contributed by atoms with Crippen molar-refractivity contribution in [3.63, 3.8) is 0 Å². The van der Waals surface area contributed by atoms with Crippen LogP contribution in [0.2, 0.25) is 0 Å². The Labute approximate surface area is 103 Å². The lowest BCUT2D eigenvalue weighted by Gasteiger charge is -2.12. The first kappa shape index (κ1) is 13.7. The minimum Gasteiger partial charge on any atom is -0.496 e. The maximum atomic E-state index is 12.0. The molecule has 1 atom stereocenters. The maximum Gasteiger partial charge on any atom is 0.141 e. The molecule has 0 radical (unpaired) electrons. The lowest BCUT2D eigenvalue weighted by Crippen LogP contribution is -2.25. The molecule has 1 aromatic rings. The lowest BCUT2D eigenvalue weighted by molar-refractivity contribution is -0.121. The van der Waals surface area contributed by atoms with Crippen molar-refractivity contribution >= 4 is 5.78 Å². The predicted octanol–water partition coefficient (Wildman–Crippen LogP) is 1.97. The molecule has 1 aromatic carbocycles. The molecule has 94 valence electrons. The van der Waals surface area contributed by atoms with Crippen LogP contribution in [0, 0.1) is 12.8 Å². The number of rotatable bonds is 6. The van der Waals surface area contributed by atoms with E-state index >= 15 is 0 Å². The van der Waals surface area contributed by atoms with E-state index in [1.165, 1.54) is 0 Å². The van der Waals surface area contributed by atoms with Crippen molar-refractivity contribution in [2.45, 2.75) is 20.3 Å². The van der Waals surface area contributed by atoms with Gasteiger partial charge in [0, 0.05) is 24.4 Å². The summed E-state index contributed by atoms with van der Waals surface area (Å²) in [7, 11) is 3.49. The molecule has 0 aliphatic rings. The summed E-state index contributed by atoms with van der Waals surface area (Å²) in [5.74, 6) is 1.06. The molecule has 0 spiro atoms. The summed E-state index contributed by atoms with van der Waals surface area (Å²) in [6.45, 7) is 4.68. The third-order valence-electron chi connectivity index (χ3n) is 2.86. The minimum atomic E-state index is 0.0326. The topological polar surface area (TPSA) is 38.3 Å². The summed E-state index contributed by atoms with van der Waals surface area (Å²) >= 11 is 0. The standard InChI is InChI=1S/C14H21NO2/c1-10-5-6-14(17-4)12(7-10)8-13(16)11(2)9-15-3/h5-7,11,15H,8-9H2,1-4H3. The van der Waals surface area contributed by atoms with E-state index in [-0.39, 0.29) is 11.7 Å². The molecule has 3 nitrogen and oxygen atoms in total. The SMILES string of the molecule is CNCC(C)C(=O)Cc1cc(C)ccc1OC. The largest absolute Gasteiger partial charge is 0.496 e. The van der Waals surface area contributed by atoms with Gasteiger partial charge in [0.1, 0.15) is 11.5 Å². The molecule has 17 heavy (non-hydrogen) atoms. The van der Waals surface area contributed by atoms with E-state index in [1.54, 1.807) is 7.11 Å². The highest BCUT2D eigenvalue weighted by Gasteiger charge is 2.15. The van der Waals surface area contributed by atoms with Gasteiger partial charge in [-0.2, -0.15) is 0 Å². The van der Waals surface area contributed by atoms with Crippen molar-refractivity contribution in [3.8, 4) is 5.75 Å². The van der Waals surface area contributed by atoms with E-state index in [2.05, 4.69) is 5.32 Å². The summed E-state index contributed by atoms with van der Waals surface area (Å²) in [6.07, 6.45) is 0.438. The summed E-state index contributed by atoms with van der Waals surface area (Å²) in [5.41, 5.74) is 2.12. The second-order valence-electron chi connectivity index (χ2n) is 4.42. The van der Waals surface area contributed by atoms with Crippen LogP contribution >= 0.6 is 0 Å². The van der Waals surface area contributed by atoms with Crippen LogP contribution in [0.1, 0.15) is 18.1 Å². The fourth-order valence-electron chi connectivity index (χ4n) is 1.83. The molecule has 1 rings (SSSR count). The highest BCUT2D eigenvalue weighted by molar-refractivity contribution is 5.83. The monoisotopic (exact) mass is 235 g/mol. The van der Waals surface area contributed by atoms with Crippen LogP contribution in [0.5, 0.6) is 5.75 Å². The number of hydrogen-bond acceptors (Lipinski definition) is 3. The molecular weight excluding hydrogens is 214 g/mol. The van der Waals surface area contributed by atoms with Crippen molar-refractivity contribution < 1.29 is 9.53 Å². The second kappa shape index (κ2) is 6.40. The van der Waals surface area contributed by atoms with Gasteiger partial charge in [-0.3, -0.25) is 4.79 Å². The molecule has 1 unspecified atom stereocenters. The van der Waals surface area contributed by atoms with Crippen LogP contribution in [0.4, 0.5) is 0 Å². The van der Waals surface area contributed by atoms with Gasteiger partial charge in [-0.15, -0.1) is 0 Å². The Hall–Kier alpha value is -1.35. The number of carbonyl (C=O) groups excluding carboxylic acids is 1. The number of carbonyl (C=O) groups is 1. The van der Waals surface area contributed by atoms with E-state index in [0.717, 1.165) is 16.9 Å². The summed E-state index contributed by atoms with van der Waals surface area (Å²) in [5, 5.41) is 3.02. The first-order valence-corrected chi connectivity index (χ1v) is 5.89. The van der Waals surface area contributed by atoms with Gasteiger partial charge >= 0.3 is 0 Å². The van der Waals surface area contributed by atoms with Gasteiger partial charge in [0.05, 0.1) is 7.11 Å². The molecule has 0 amide bonds. The van der Waals surface area contributed by atoms with Crippen molar-refractivity contribution in [1.82, 2.24) is 5.32 Å². The van der Waals surface area contributed by atoms with Crippen LogP contribution in [-0.2, 0) is 11.2 Å². The maximum absolute atomic E-state index is 12.0. The molecule has 0 saturated carbocycles. The first-order chi connectivity index (χ1) is 8.08. The fraction of sp³-hybridized carbons (Fsp3) is 0.500. The average molecular weight is 235 g/mol. The fourth-order valence-corrected chi connectivity index (χ4v) is 1.83. The summed E-state index contributed by atoms with van der Waals surface area (Å²) in [6, 6.07) is 5.92. The average Bonchev–Trinajstić information content (AvgIpc) is 2.29. The Balaban J connectivity index is 2.79. The molecule has 1 N–H and O–H groups in total. The number of ketones is 1. The van der Waals surface area contributed by atoms with Crippen LogP contribution in [-0.4, -0.2) is 26.5 Å². The van der Waals surface area contributed by atoms with Crippen molar-refractivity contribution in [1.29, 1.82) is 0 Å². The Bertz CT molecular complexity index is 388. The Morgan fingerprint density at radius 2 is 2.18 bits per heavy atom. The summed E-state index contributed by atoms with van der Waals surface area (Å²) in [4.78, 5) is 12.0. The number of benzene rings is 1. The third kappa shape index (κ3) is 3.86. The normalized spacial score (nSPS) is 12.2. The van der Waals surface area contributed by atoms with Gasteiger partial charge in [0.2, 0.25) is 0 Å². The highest BCUT2D eigenvalue weighted by atomic mass is 16.5. The number of aryl methyl sites for hydroxylation is 1. The minimum absolute atomic E-state index is 0.0326. The van der Waals surface area contributed by atoms with Crippen molar-refractivity contribution in [2.75, 3.05) is 20.7 Å². The quantitative estimate of drug-likeness (QED) is 0.819. The Morgan fingerprint density at radius 3 is 2.76 bits per heavy atom. The first-order valence-electron chi connectivity index (χ1n) is 5.89. The third-order valence-corrected chi connectivity index (χ3v) is 2.86. The molecule has 0 bridgehead atoms. The number of ether oxygens (including phenoxy) is 1. The van der Waals surface area contributed by atoms with Crippen molar-refractivity contribution in [3.05, 3.63) is 29.3 Å². The molecular formula is C14H21NO2. The Kier molecular flexibility index (Phi) is 5.16. The number of Topliss-reactive ketones (excluding diaryl/α,β-unsaturated/α-hetero) is 1. The van der Waals surface area contributed by atoms with Gasteiger partial charge in [0.25, 0.3) is 0 Å². The van der Waals surface area contributed by atoms with Crippen LogP contribution in [0.15, 0.2) is 18.2 Å². The zero-order valence-corrected chi connectivity index (χ0v) is 11.0. The van der Waals surface area contributed by atoms with Gasteiger partial charge in [0.15, 0.2) is 0 Å². The molecule has 3 heteroatoms. The lowest BCUT2D eigenvalue weighted by atomic mass is 9.98. The number of nitrogens with one attached hydrogen (secondary N) is 1. The second-order valence-corrected chi connectivity index (χ2v) is 4.42. The van der Waals surface area contributed by atoms with E-state index in [4.69, 9.17) is 4.74 Å². The molecule has 0 fully saturated rings. The smallest absolute Gasteiger partial charge is 0.141 e. The number of methoxy groups -OCH3 is 1. The van der Waals surface area contributed by atoms with E-state index < -0.39 is 0 Å². The zero-order valence-electron chi connectivity index (χ0n) is 11.0. The van der Waals surface area contributed by atoms with Crippen LogP contribution < -0.4 is 10.1 Å². The number of hydrogen-bond donors (Lipinski definition) is 1.